The summed E-state index contributed by atoms with van der Waals surface area (Å²) in [6, 6.07) is 4.08. The molecule has 0 spiro atoms. The quantitative estimate of drug-likeness (QED) is 0.439. The molecule has 4 rings (SSSR count). The molecule has 0 amide bonds. The second-order valence-corrected chi connectivity index (χ2v) is 7.59. The van der Waals surface area contributed by atoms with E-state index in [1.165, 1.54) is 18.2 Å². The summed E-state index contributed by atoms with van der Waals surface area (Å²) in [7, 11) is 0. The van der Waals surface area contributed by atoms with Gasteiger partial charge in [0, 0.05) is 23.1 Å². The van der Waals surface area contributed by atoms with Gasteiger partial charge in [-0.1, -0.05) is 19.1 Å². The molecule has 138 valence electrons. The third-order valence-electron chi connectivity index (χ3n) is 5.95. The number of Topliss-reactive ketones (excluding diaryl/α,β-unsaturated/α-hetero) is 2. The Bertz CT molecular complexity index is 857. The first-order valence-corrected chi connectivity index (χ1v) is 8.58. The zero-order chi connectivity index (χ0) is 19.0. The average molecular weight is 360 g/mol. The molecule has 7 heteroatoms. The Hall–Kier alpha value is -2.06. The van der Waals surface area contributed by atoms with Crippen LogP contribution in [0.3, 0.4) is 0 Å². The van der Waals surface area contributed by atoms with Crippen LogP contribution in [0.2, 0.25) is 0 Å². The second kappa shape index (κ2) is 5.47. The molecule has 6 atom stereocenters. The predicted molar refractivity (Wildman–Crippen MR) is 88.3 cm³/mol. The number of carbonyl (C=O) groups excluding carboxylic acids is 2. The molecule has 0 aromatic heterocycles. The zero-order valence-corrected chi connectivity index (χ0v) is 14.1. The number of aliphatic hydroxyl groups excluding tert-OH is 3. The first kappa shape index (κ1) is 17.4. The summed E-state index contributed by atoms with van der Waals surface area (Å²) in [6.07, 6.45) is -4.82. The summed E-state index contributed by atoms with van der Waals surface area (Å²) in [4.78, 5) is 25.8. The highest BCUT2D eigenvalue weighted by Gasteiger charge is 2.64. The molecule has 7 nitrogen and oxygen atoms in total. The minimum Gasteiger partial charge on any atom is -0.508 e. The number of hydrogen-bond acceptors (Lipinski definition) is 7. The van der Waals surface area contributed by atoms with Crippen molar-refractivity contribution in [3.8, 4) is 5.75 Å². The molecule has 0 saturated heterocycles. The molecule has 26 heavy (non-hydrogen) atoms. The second-order valence-electron chi connectivity index (χ2n) is 7.59. The van der Waals surface area contributed by atoms with Crippen molar-refractivity contribution < 1.29 is 35.1 Å². The van der Waals surface area contributed by atoms with Gasteiger partial charge in [0.1, 0.15) is 29.7 Å². The van der Waals surface area contributed by atoms with Crippen LogP contribution in [0.1, 0.15) is 41.8 Å². The fourth-order valence-electron chi connectivity index (χ4n) is 4.74. The van der Waals surface area contributed by atoms with Crippen LogP contribution < -0.4 is 0 Å². The Kier molecular flexibility index (Phi) is 3.65. The summed E-state index contributed by atoms with van der Waals surface area (Å²) in [5.41, 5.74) is -2.48. The summed E-state index contributed by atoms with van der Waals surface area (Å²) < 4.78 is 0. The normalized spacial score (nSPS) is 39.3. The van der Waals surface area contributed by atoms with Crippen LogP contribution in [-0.4, -0.2) is 54.9 Å². The van der Waals surface area contributed by atoms with Gasteiger partial charge in [-0.25, -0.2) is 0 Å². The largest absolute Gasteiger partial charge is 0.508 e. The Morgan fingerprint density at radius 1 is 1.12 bits per heavy atom. The van der Waals surface area contributed by atoms with Gasteiger partial charge in [-0.05, 0) is 24.0 Å². The van der Waals surface area contributed by atoms with E-state index in [0.717, 1.165) is 0 Å². The number of ketones is 2. The summed E-state index contributed by atoms with van der Waals surface area (Å²) >= 11 is 0. The molecule has 5 N–H and O–H groups in total. The lowest BCUT2D eigenvalue weighted by Gasteiger charge is -2.52. The van der Waals surface area contributed by atoms with Gasteiger partial charge in [0.15, 0.2) is 11.6 Å². The van der Waals surface area contributed by atoms with Crippen LogP contribution in [0.4, 0.5) is 0 Å². The van der Waals surface area contributed by atoms with E-state index in [4.69, 9.17) is 0 Å². The number of benzene rings is 1. The van der Waals surface area contributed by atoms with E-state index in [9.17, 15) is 35.1 Å². The minimum absolute atomic E-state index is 0.00552. The van der Waals surface area contributed by atoms with E-state index in [1.807, 2.05) is 6.92 Å². The van der Waals surface area contributed by atoms with Crippen molar-refractivity contribution in [3.63, 3.8) is 0 Å². The van der Waals surface area contributed by atoms with Crippen molar-refractivity contribution in [1.29, 1.82) is 0 Å². The Morgan fingerprint density at radius 2 is 1.81 bits per heavy atom. The molecule has 0 fully saturated rings. The van der Waals surface area contributed by atoms with Crippen LogP contribution in [0.25, 0.3) is 0 Å². The van der Waals surface area contributed by atoms with Crippen molar-refractivity contribution in [1.82, 2.24) is 0 Å². The van der Waals surface area contributed by atoms with Crippen molar-refractivity contribution in [2.45, 2.75) is 43.7 Å². The number of aromatic hydroxyl groups is 1. The lowest BCUT2D eigenvalue weighted by atomic mass is 9.56. The van der Waals surface area contributed by atoms with Gasteiger partial charge in [0.25, 0.3) is 0 Å². The SMILES string of the molecule is C[C@@H]1CC(=O)C2=C(C1)C(O)C(O)[C@]1(O)[C@@H]2C(=O)c2cccc(O)c2[C@H]1O. The highest BCUT2D eigenvalue weighted by molar-refractivity contribution is 6.11. The third-order valence-corrected chi connectivity index (χ3v) is 5.95. The molecule has 2 unspecified atom stereocenters. The van der Waals surface area contributed by atoms with Gasteiger partial charge >= 0.3 is 0 Å². The highest BCUT2D eigenvalue weighted by Crippen LogP contribution is 2.54. The van der Waals surface area contributed by atoms with E-state index >= 15 is 0 Å². The number of phenols is 1. The Balaban J connectivity index is 2.01. The summed E-state index contributed by atoms with van der Waals surface area (Å²) in [6.45, 7) is 1.83. The molecular formula is C19H20O7. The lowest BCUT2D eigenvalue weighted by molar-refractivity contribution is -0.198. The van der Waals surface area contributed by atoms with Gasteiger partial charge in [-0.2, -0.15) is 0 Å². The fraction of sp³-hybridized carbons (Fsp3) is 0.474. The molecule has 3 aliphatic rings. The number of phenolic OH excluding ortho intramolecular Hbond substituents is 1. The summed E-state index contributed by atoms with van der Waals surface area (Å²) in [5.74, 6) is -2.99. The molecule has 0 saturated carbocycles. The number of rotatable bonds is 0. The maximum absolute atomic E-state index is 13.1. The van der Waals surface area contributed by atoms with Crippen LogP contribution in [0, 0.1) is 11.8 Å². The standard InChI is InChI=1S/C19H20O7/c1-7-5-9-12(11(21)6-7)14-15(22)8-3-2-4-10(20)13(8)17(24)19(14,26)18(25)16(9)23/h2-4,7,14,16-18,20,23-26H,5-6H2,1H3/t7-,14-,16?,17+,18?,19-/m0/s1. The maximum atomic E-state index is 13.1. The number of aliphatic hydroxyl groups is 4. The van der Waals surface area contributed by atoms with Gasteiger partial charge in [-0.15, -0.1) is 0 Å². The van der Waals surface area contributed by atoms with Crippen molar-refractivity contribution in [2.24, 2.45) is 11.8 Å². The predicted octanol–water partition coefficient (Wildman–Crippen LogP) is 0.000200. The number of carbonyl (C=O) groups is 2. The van der Waals surface area contributed by atoms with Crippen LogP contribution in [0.15, 0.2) is 29.3 Å². The molecular weight excluding hydrogens is 340 g/mol. The van der Waals surface area contributed by atoms with E-state index in [1.54, 1.807) is 0 Å². The van der Waals surface area contributed by atoms with E-state index in [2.05, 4.69) is 0 Å². The molecule has 1 aromatic rings. The molecule has 0 radical (unpaired) electrons. The van der Waals surface area contributed by atoms with Gasteiger partial charge < -0.3 is 25.5 Å². The maximum Gasteiger partial charge on any atom is 0.174 e. The molecule has 1 aromatic carbocycles. The van der Waals surface area contributed by atoms with E-state index < -0.39 is 41.4 Å². The monoisotopic (exact) mass is 360 g/mol. The molecule has 3 aliphatic carbocycles. The molecule has 0 bridgehead atoms. The van der Waals surface area contributed by atoms with Crippen LogP contribution in [0.5, 0.6) is 5.75 Å². The van der Waals surface area contributed by atoms with E-state index in [0.29, 0.717) is 6.42 Å². The Morgan fingerprint density at radius 3 is 2.50 bits per heavy atom. The topological polar surface area (TPSA) is 135 Å². The van der Waals surface area contributed by atoms with Gasteiger partial charge in [-0.3, -0.25) is 9.59 Å². The van der Waals surface area contributed by atoms with Crippen molar-refractivity contribution in [2.75, 3.05) is 0 Å². The molecule has 0 heterocycles. The minimum atomic E-state index is -2.50. The van der Waals surface area contributed by atoms with Crippen LogP contribution >= 0.6 is 0 Å². The van der Waals surface area contributed by atoms with E-state index in [-0.39, 0.29) is 40.4 Å². The van der Waals surface area contributed by atoms with Crippen molar-refractivity contribution >= 4 is 11.6 Å². The molecule has 0 aliphatic heterocycles. The smallest absolute Gasteiger partial charge is 0.174 e. The van der Waals surface area contributed by atoms with Gasteiger partial charge in [0.2, 0.25) is 0 Å². The summed E-state index contributed by atoms with van der Waals surface area (Å²) in [5, 5.41) is 53.2. The van der Waals surface area contributed by atoms with Crippen LogP contribution in [-0.2, 0) is 4.79 Å². The number of hydrogen-bond donors (Lipinski definition) is 5. The third kappa shape index (κ3) is 1.97. The van der Waals surface area contributed by atoms with Crippen molar-refractivity contribution in [3.05, 3.63) is 40.5 Å². The first-order chi connectivity index (χ1) is 12.2. The first-order valence-electron chi connectivity index (χ1n) is 8.58. The van der Waals surface area contributed by atoms with Gasteiger partial charge in [0.05, 0.1) is 5.92 Å². The Labute approximate surface area is 149 Å². The highest BCUT2D eigenvalue weighted by atomic mass is 16.4. The zero-order valence-electron chi connectivity index (χ0n) is 14.1. The average Bonchev–Trinajstić information content (AvgIpc) is 2.58. The lowest BCUT2D eigenvalue weighted by Crippen LogP contribution is -2.66. The number of fused-ring (bicyclic) bond motifs is 3. The fourth-order valence-corrected chi connectivity index (χ4v) is 4.74.